The first kappa shape index (κ1) is 25.1. The molecular weight excluding hydrogens is 408 g/mol. The Hall–Kier alpha value is -1.02. The summed E-state index contributed by atoms with van der Waals surface area (Å²) in [5, 5.41) is 17.0. The topological polar surface area (TPSA) is 86.2 Å². The van der Waals surface area contributed by atoms with Gasteiger partial charge in [0.05, 0.1) is 0 Å². The van der Waals surface area contributed by atoms with Gasteiger partial charge in [0.1, 0.15) is 0 Å². The first-order valence-corrected chi connectivity index (χ1v) is 13.3. The molecule has 0 amide bonds. The summed E-state index contributed by atoms with van der Waals surface area (Å²) in [5.74, 6) is 4.97. The van der Waals surface area contributed by atoms with Crippen LogP contribution in [0.4, 0.5) is 0 Å². The van der Waals surface area contributed by atoms with Crippen molar-refractivity contribution in [1.82, 2.24) is 26.6 Å². The quantitative estimate of drug-likeness (QED) is 0.351. The number of hydrogen-bond acceptors (Lipinski definition) is 6. The van der Waals surface area contributed by atoms with E-state index in [-0.39, 0.29) is 0 Å². The molecule has 7 N–H and O–H groups in total. The number of allylic oxidation sites excluding steroid dienone is 3. The molecule has 33 heavy (non-hydrogen) atoms. The fraction of sp³-hybridized carbons (Fsp3) is 0.778. The zero-order chi connectivity index (χ0) is 23.2. The molecule has 0 spiro atoms. The second kappa shape index (κ2) is 12.1. The zero-order valence-electron chi connectivity index (χ0n) is 21.0. The fourth-order valence-corrected chi connectivity index (χ4v) is 6.91. The molecule has 6 nitrogen and oxygen atoms in total. The summed E-state index contributed by atoms with van der Waals surface area (Å²) in [6.07, 6.45) is 15.2. The van der Waals surface area contributed by atoms with E-state index < -0.39 is 0 Å². The first-order valence-electron chi connectivity index (χ1n) is 13.3. The van der Waals surface area contributed by atoms with Gasteiger partial charge in [-0.2, -0.15) is 0 Å². The molecule has 6 aliphatic rings. The highest BCUT2D eigenvalue weighted by molar-refractivity contribution is 5.15. The van der Waals surface area contributed by atoms with Crippen molar-refractivity contribution >= 4 is 0 Å². The lowest BCUT2D eigenvalue weighted by atomic mass is 9.79. The Kier molecular flexibility index (Phi) is 9.19. The van der Waals surface area contributed by atoms with Crippen molar-refractivity contribution in [1.29, 1.82) is 0 Å². The fourth-order valence-electron chi connectivity index (χ4n) is 6.91. The lowest BCUT2D eigenvalue weighted by Gasteiger charge is -2.30. The maximum absolute atomic E-state index is 5.89. The normalized spacial score (nSPS) is 42.8. The van der Waals surface area contributed by atoms with E-state index in [1.165, 1.54) is 52.0 Å². The highest BCUT2D eigenvalue weighted by atomic mass is 15.0. The highest BCUT2D eigenvalue weighted by Crippen LogP contribution is 2.32. The van der Waals surface area contributed by atoms with Gasteiger partial charge in [-0.05, 0) is 95.4 Å². The van der Waals surface area contributed by atoms with E-state index in [1.807, 2.05) is 0 Å². The summed E-state index contributed by atoms with van der Waals surface area (Å²) >= 11 is 0. The van der Waals surface area contributed by atoms with Gasteiger partial charge in [0.2, 0.25) is 0 Å². The second-order valence-electron chi connectivity index (χ2n) is 11.0. The Morgan fingerprint density at radius 3 is 1.91 bits per heavy atom. The van der Waals surface area contributed by atoms with E-state index in [4.69, 9.17) is 5.73 Å². The molecule has 3 aliphatic carbocycles. The van der Waals surface area contributed by atoms with Crippen LogP contribution in [0.3, 0.4) is 0 Å². The number of fused-ring (bicyclic) bond motifs is 3. The van der Waals surface area contributed by atoms with Crippen LogP contribution in [0.2, 0.25) is 0 Å². The van der Waals surface area contributed by atoms with E-state index in [0.29, 0.717) is 24.0 Å². The molecule has 0 saturated carbocycles. The third-order valence-electron chi connectivity index (χ3n) is 8.89. The van der Waals surface area contributed by atoms with Gasteiger partial charge in [-0.25, -0.2) is 0 Å². The van der Waals surface area contributed by atoms with E-state index in [0.717, 1.165) is 36.1 Å². The van der Waals surface area contributed by atoms with E-state index in [1.54, 1.807) is 5.57 Å². The van der Waals surface area contributed by atoms with Crippen molar-refractivity contribution in [2.75, 3.05) is 53.4 Å². The van der Waals surface area contributed by atoms with Crippen LogP contribution in [0.25, 0.3) is 0 Å². The Morgan fingerprint density at radius 2 is 1.27 bits per heavy atom. The summed E-state index contributed by atoms with van der Waals surface area (Å²) in [5.41, 5.74) is 7.45. The third kappa shape index (κ3) is 6.16. The van der Waals surface area contributed by atoms with Gasteiger partial charge < -0.3 is 32.3 Å². The van der Waals surface area contributed by atoms with Crippen LogP contribution in [0.1, 0.15) is 26.2 Å². The van der Waals surface area contributed by atoms with Gasteiger partial charge in [-0.1, -0.05) is 36.0 Å². The van der Waals surface area contributed by atoms with Crippen LogP contribution in [0.15, 0.2) is 36.0 Å². The molecular formula is C27H48N6. The second-order valence-corrected chi connectivity index (χ2v) is 11.0. The molecule has 186 valence electrons. The van der Waals surface area contributed by atoms with Crippen molar-refractivity contribution in [3.63, 3.8) is 0 Å². The molecule has 9 unspecified atom stereocenters. The van der Waals surface area contributed by atoms with Gasteiger partial charge >= 0.3 is 0 Å². The van der Waals surface area contributed by atoms with Crippen LogP contribution in [-0.4, -0.2) is 71.5 Å². The van der Waals surface area contributed by atoms with Crippen LogP contribution in [-0.2, 0) is 0 Å². The summed E-state index contributed by atoms with van der Waals surface area (Å²) in [6, 6.07) is 1.54. The predicted molar refractivity (Wildman–Crippen MR) is 139 cm³/mol. The van der Waals surface area contributed by atoms with Gasteiger partial charge in [0.25, 0.3) is 0 Å². The molecule has 3 saturated heterocycles. The standard InChI is InChI=1S/C10H18N2.C9H16N2.C8H14N2/c1-7-3-8-5-12-6-9(8)10(4-7)11-2;1-10-9-4-2-3-7-5-11-6-8(7)9;9-8-3-1-2-6-4-10-5-7(6)8/h4,8-12H,3,5-6H2,1-2H3;2,4,7-11H,3,5-6H2,1H3;1,3,6-8,10H,2,4-5,9H2. The molecule has 3 aliphatic heterocycles. The monoisotopic (exact) mass is 456 g/mol. The van der Waals surface area contributed by atoms with Crippen molar-refractivity contribution in [2.45, 2.75) is 44.3 Å². The Balaban J connectivity index is 0.000000118. The number of hydrogen-bond donors (Lipinski definition) is 6. The van der Waals surface area contributed by atoms with E-state index >= 15 is 0 Å². The van der Waals surface area contributed by atoms with Gasteiger partial charge in [-0.3, -0.25) is 0 Å². The Labute approximate surface area is 201 Å². The van der Waals surface area contributed by atoms with Gasteiger partial charge in [-0.15, -0.1) is 0 Å². The smallest absolute Gasteiger partial charge is 0.0293 e. The van der Waals surface area contributed by atoms with Crippen molar-refractivity contribution in [3.8, 4) is 0 Å². The Bertz CT molecular complexity index is 703. The number of likely N-dealkylation sites (N-methyl/N-ethyl adjacent to an activating group) is 2. The lowest BCUT2D eigenvalue weighted by molar-refractivity contribution is 0.333. The Morgan fingerprint density at radius 1 is 0.727 bits per heavy atom. The first-order chi connectivity index (χ1) is 16.1. The SMILES string of the molecule is CNC1C=C(C)CC2CNCC21.CNC1C=CCC2CNCC21.NC1C=CCC2CNCC12. The average molecular weight is 457 g/mol. The predicted octanol–water partition coefficient (Wildman–Crippen LogP) is 1.24. The molecule has 6 heteroatoms. The van der Waals surface area contributed by atoms with Crippen LogP contribution >= 0.6 is 0 Å². The molecule has 3 heterocycles. The molecule has 0 aromatic rings. The van der Waals surface area contributed by atoms with Crippen molar-refractivity contribution in [2.24, 2.45) is 41.2 Å². The molecule has 0 aromatic carbocycles. The summed E-state index contributed by atoms with van der Waals surface area (Å²) in [4.78, 5) is 0. The average Bonchev–Trinajstić information content (AvgIpc) is 3.59. The summed E-state index contributed by atoms with van der Waals surface area (Å²) in [7, 11) is 4.12. The number of rotatable bonds is 2. The highest BCUT2D eigenvalue weighted by Gasteiger charge is 2.35. The minimum Gasteiger partial charge on any atom is -0.324 e. The van der Waals surface area contributed by atoms with Gasteiger partial charge in [0, 0.05) is 37.8 Å². The van der Waals surface area contributed by atoms with Crippen LogP contribution in [0, 0.1) is 35.5 Å². The van der Waals surface area contributed by atoms with Crippen LogP contribution in [0.5, 0.6) is 0 Å². The molecule has 6 rings (SSSR count). The summed E-state index contributed by atoms with van der Waals surface area (Å²) < 4.78 is 0. The maximum Gasteiger partial charge on any atom is 0.0293 e. The molecule has 0 aromatic heterocycles. The number of nitrogens with two attached hydrogens (primary N) is 1. The molecule has 0 radical (unpaired) electrons. The van der Waals surface area contributed by atoms with Crippen molar-refractivity contribution in [3.05, 3.63) is 36.0 Å². The van der Waals surface area contributed by atoms with Gasteiger partial charge in [0.15, 0.2) is 0 Å². The molecule has 0 bridgehead atoms. The van der Waals surface area contributed by atoms with E-state index in [9.17, 15) is 0 Å². The minimum absolute atomic E-state index is 0.314. The van der Waals surface area contributed by atoms with Crippen LogP contribution < -0.4 is 32.3 Å². The third-order valence-corrected chi connectivity index (χ3v) is 8.89. The van der Waals surface area contributed by atoms with E-state index in [2.05, 4.69) is 78.0 Å². The summed E-state index contributed by atoms with van der Waals surface area (Å²) in [6.45, 7) is 9.36. The largest absolute Gasteiger partial charge is 0.324 e. The molecule has 9 atom stereocenters. The number of nitrogens with one attached hydrogen (secondary N) is 5. The minimum atomic E-state index is 0.314. The molecule has 3 fully saturated rings. The van der Waals surface area contributed by atoms with Crippen molar-refractivity contribution < 1.29 is 0 Å². The maximum atomic E-state index is 5.89. The zero-order valence-corrected chi connectivity index (χ0v) is 21.0. The lowest BCUT2D eigenvalue weighted by Crippen LogP contribution is -2.38.